The van der Waals surface area contributed by atoms with Gasteiger partial charge in [0, 0.05) is 6.42 Å². The Morgan fingerprint density at radius 3 is 2.30 bits per heavy atom. The quantitative estimate of drug-likeness (QED) is 0.782. The molecule has 0 bridgehead atoms. The highest BCUT2D eigenvalue weighted by molar-refractivity contribution is 5.82. The van der Waals surface area contributed by atoms with Crippen molar-refractivity contribution in [2.45, 2.75) is 40.0 Å². The van der Waals surface area contributed by atoms with Crippen LogP contribution in [0.2, 0.25) is 0 Å². The van der Waals surface area contributed by atoms with E-state index in [1.54, 1.807) is 0 Å². The lowest BCUT2D eigenvalue weighted by Gasteiger charge is -2.12. The number of ether oxygens (including phenoxy) is 1. The van der Waals surface area contributed by atoms with E-state index in [2.05, 4.69) is 10.9 Å². The summed E-state index contributed by atoms with van der Waals surface area (Å²) in [6.07, 6.45) is 2.16. The molecule has 110 valence electrons. The van der Waals surface area contributed by atoms with Gasteiger partial charge in [0.2, 0.25) is 5.91 Å². The number of hydrogen-bond acceptors (Lipinski definition) is 3. The highest BCUT2D eigenvalue weighted by Crippen LogP contribution is 2.21. The number of para-hydroxylation sites is 1. The number of benzene rings is 1. The van der Waals surface area contributed by atoms with Crippen molar-refractivity contribution >= 4 is 11.8 Å². The molecule has 20 heavy (non-hydrogen) atoms. The second kappa shape index (κ2) is 8.19. The van der Waals surface area contributed by atoms with Crippen LogP contribution in [0.5, 0.6) is 5.75 Å². The molecule has 0 saturated carbocycles. The van der Waals surface area contributed by atoms with Crippen LogP contribution in [0.1, 0.15) is 37.3 Å². The number of nitrogens with one attached hydrogen (secondary N) is 2. The van der Waals surface area contributed by atoms with E-state index >= 15 is 0 Å². The number of amides is 2. The molecular weight excluding hydrogens is 256 g/mol. The average Bonchev–Trinajstić information content (AvgIpc) is 2.42. The number of hydrazine groups is 1. The van der Waals surface area contributed by atoms with Crippen molar-refractivity contribution in [3.63, 3.8) is 0 Å². The highest BCUT2D eigenvalue weighted by Gasteiger charge is 2.08. The van der Waals surface area contributed by atoms with Gasteiger partial charge in [0.25, 0.3) is 5.91 Å². The minimum Gasteiger partial charge on any atom is -0.483 e. The van der Waals surface area contributed by atoms with E-state index in [1.807, 2.05) is 39.0 Å². The molecule has 0 saturated heterocycles. The molecule has 5 heteroatoms. The summed E-state index contributed by atoms with van der Waals surface area (Å²) in [6.45, 7) is 5.73. The van der Waals surface area contributed by atoms with Gasteiger partial charge in [-0.25, -0.2) is 0 Å². The molecule has 0 aliphatic rings. The molecule has 0 aliphatic carbocycles. The van der Waals surface area contributed by atoms with Gasteiger partial charge in [0.1, 0.15) is 5.75 Å². The summed E-state index contributed by atoms with van der Waals surface area (Å²) in [5.41, 5.74) is 6.65. The van der Waals surface area contributed by atoms with E-state index < -0.39 is 0 Å². The van der Waals surface area contributed by atoms with Crippen LogP contribution in [-0.2, 0) is 9.59 Å². The van der Waals surface area contributed by atoms with E-state index in [0.717, 1.165) is 24.0 Å². The Hall–Kier alpha value is -2.04. The molecule has 1 aromatic carbocycles. The van der Waals surface area contributed by atoms with Crippen LogP contribution in [-0.4, -0.2) is 18.4 Å². The Labute approximate surface area is 119 Å². The third-order valence-electron chi connectivity index (χ3n) is 2.86. The van der Waals surface area contributed by atoms with Crippen LogP contribution in [0.15, 0.2) is 18.2 Å². The van der Waals surface area contributed by atoms with Crippen molar-refractivity contribution < 1.29 is 14.3 Å². The minimum absolute atomic E-state index is 0.125. The van der Waals surface area contributed by atoms with E-state index in [4.69, 9.17) is 4.74 Å². The molecule has 5 nitrogen and oxygen atoms in total. The van der Waals surface area contributed by atoms with Gasteiger partial charge in [0.15, 0.2) is 6.61 Å². The van der Waals surface area contributed by atoms with Gasteiger partial charge in [-0.1, -0.05) is 31.5 Å². The molecule has 0 aliphatic heterocycles. The first-order valence-corrected chi connectivity index (χ1v) is 6.81. The lowest BCUT2D eigenvalue weighted by molar-refractivity contribution is -0.130. The first-order valence-electron chi connectivity index (χ1n) is 6.81. The second-order valence-corrected chi connectivity index (χ2v) is 4.71. The Morgan fingerprint density at radius 1 is 1.10 bits per heavy atom. The van der Waals surface area contributed by atoms with Crippen molar-refractivity contribution in [2.24, 2.45) is 0 Å². The molecule has 0 aromatic heterocycles. The van der Waals surface area contributed by atoms with Crippen LogP contribution in [0.4, 0.5) is 0 Å². The third kappa shape index (κ3) is 5.30. The molecule has 0 radical (unpaired) electrons. The predicted molar refractivity (Wildman–Crippen MR) is 77.2 cm³/mol. The Morgan fingerprint density at radius 2 is 1.70 bits per heavy atom. The summed E-state index contributed by atoms with van der Waals surface area (Å²) in [5, 5.41) is 0. The zero-order valence-corrected chi connectivity index (χ0v) is 12.3. The summed E-state index contributed by atoms with van der Waals surface area (Å²) >= 11 is 0. The highest BCUT2D eigenvalue weighted by atomic mass is 16.5. The molecule has 0 atom stereocenters. The molecule has 0 fully saturated rings. The van der Waals surface area contributed by atoms with Crippen molar-refractivity contribution in [2.75, 3.05) is 6.61 Å². The normalized spacial score (nSPS) is 9.95. The molecular formula is C15H22N2O3. The number of unbranched alkanes of at least 4 members (excludes halogenated alkanes) is 1. The lowest BCUT2D eigenvalue weighted by atomic mass is 10.1. The topological polar surface area (TPSA) is 67.4 Å². The number of hydrogen-bond donors (Lipinski definition) is 2. The van der Waals surface area contributed by atoms with E-state index in [1.165, 1.54) is 0 Å². The largest absolute Gasteiger partial charge is 0.483 e. The first kappa shape index (κ1) is 16.0. The summed E-state index contributed by atoms with van der Waals surface area (Å²) in [5.74, 6) is 0.143. The average molecular weight is 278 g/mol. The third-order valence-corrected chi connectivity index (χ3v) is 2.86. The Balaban J connectivity index is 2.35. The fourth-order valence-electron chi connectivity index (χ4n) is 1.74. The van der Waals surface area contributed by atoms with Crippen LogP contribution >= 0.6 is 0 Å². The van der Waals surface area contributed by atoms with Gasteiger partial charge in [-0.2, -0.15) is 0 Å². The van der Waals surface area contributed by atoms with E-state index in [9.17, 15) is 9.59 Å². The second-order valence-electron chi connectivity index (χ2n) is 4.71. The van der Waals surface area contributed by atoms with Crippen LogP contribution in [0.25, 0.3) is 0 Å². The van der Waals surface area contributed by atoms with Gasteiger partial charge in [-0.05, 0) is 31.4 Å². The standard InChI is InChI=1S/C15H22N2O3/c1-4-5-9-13(18)16-17-14(19)10-20-15-11(2)7-6-8-12(15)3/h6-8H,4-5,9-10H2,1-3H3,(H,16,18)(H,17,19). The fourth-order valence-corrected chi connectivity index (χ4v) is 1.74. The van der Waals surface area contributed by atoms with E-state index in [0.29, 0.717) is 12.2 Å². The molecule has 0 unspecified atom stereocenters. The van der Waals surface area contributed by atoms with Crippen molar-refractivity contribution in [1.82, 2.24) is 10.9 Å². The minimum atomic E-state index is -0.377. The van der Waals surface area contributed by atoms with Gasteiger partial charge < -0.3 is 4.74 Å². The summed E-state index contributed by atoms with van der Waals surface area (Å²) < 4.78 is 5.48. The van der Waals surface area contributed by atoms with Crippen LogP contribution < -0.4 is 15.6 Å². The molecule has 1 aromatic rings. The van der Waals surface area contributed by atoms with Gasteiger partial charge >= 0.3 is 0 Å². The first-order chi connectivity index (χ1) is 9.54. The lowest BCUT2D eigenvalue weighted by Crippen LogP contribution is -2.43. The Kier molecular flexibility index (Phi) is 6.56. The van der Waals surface area contributed by atoms with Crippen molar-refractivity contribution in [3.05, 3.63) is 29.3 Å². The van der Waals surface area contributed by atoms with Gasteiger partial charge in [-0.15, -0.1) is 0 Å². The number of rotatable bonds is 6. The fraction of sp³-hybridized carbons (Fsp3) is 0.467. The molecule has 0 heterocycles. The number of carbonyl (C=O) groups excluding carboxylic acids is 2. The smallest absolute Gasteiger partial charge is 0.276 e. The zero-order valence-electron chi connectivity index (χ0n) is 12.3. The van der Waals surface area contributed by atoms with Crippen LogP contribution in [0, 0.1) is 13.8 Å². The molecule has 0 spiro atoms. The van der Waals surface area contributed by atoms with Crippen molar-refractivity contribution in [3.8, 4) is 5.75 Å². The number of carbonyl (C=O) groups is 2. The molecule has 1 rings (SSSR count). The van der Waals surface area contributed by atoms with Gasteiger partial charge in [0.05, 0.1) is 0 Å². The molecule has 2 N–H and O–H groups in total. The zero-order chi connectivity index (χ0) is 15.0. The Bertz CT molecular complexity index is 452. The molecule has 2 amide bonds. The summed E-state index contributed by atoms with van der Waals surface area (Å²) in [6, 6.07) is 5.78. The van der Waals surface area contributed by atoms with Crippen LogP contribution in [0.3, 0.4) is 0 Å². The predicted octanol–water partition coefficient (Wildman–Crippen LogP) is 2.02. The van der Waals surface area contributed by atoms with Gasteiger partial charge in [-0.3, -0.25) is 20.4 Å². The summed E-state index contributed by atoms with van der Waals surface area (Å²) in [4.78, 5) is 22.9. The maximum atomic E-state index is 11.6. The summed E-state index contributed by atoms with van der Waals surface area (Å²) in [7, 11) is 0. The maximum Gasteiger partial charge on any atom is 0.276 e. The SMILES string of the molecule is CCCCC(=O)NNC(=O)COc1c(C)cccc1C. The van der Waals surface area contributed by atoms with E-state index in [-0.39, 0.29) is 18.4 Å². The maximum absolute atomic E-state index is 11.6. The monoisotopic (exact) mass is 278 g/mol. The number of aryl methyl sites for hydroxylation is 2. The van der Waals surface area contributed by atoms with Crippen molar-refractivity contribution in [1.29, 1.82) is 0 Å².